The lowest BCUT2D eigenvalue weighted by Gasteiger charge is -2.32. The van der Waals surface area contributed by atoms with E-state index < -0.39 is 24.0 Å². The van der Waals surface area contributed by atoms with Crippen LogP contribution in [0.1, 0.15) is 39.1 Å². The second kappa shape index (κ2) is 4.73. The predicted molar refractivity (Wildman–Crippen MR) is 74.1 cm³/mol. The van der Waals surface area contributed by atoms with Gasteiger partial charge in [-0.2, -0.15) is 0 Å². The van der Waals surface area contributed by atoms with Gasteiger partial charge in [-0.15, -0.1) is 0 Å². The SMILES string of the molecule is Cc1cccc(C=C(F)B2OC(C)(C)C(C)(C)O2)n1. The largest absolute Gasteiger partial charge is 0.525 e. The van der Waals surface area contributed by atoms with Crippen molar-refractivity contribution < 1.29 is 13.7 Å². The average molecular weight is 263 g/mol. The smallest absolute Gasteiger partial charge is 0.398 e. The molecule has 0 spiro atoms. The number of hydrogen-bond acceptors (Lipinski definition) is 3. The molecule has 0 unspecified atom stereocenters. The first-order chi connectivity index (χ1) is 8.71. The first-order valence-corrected chi connectivity index (χ1v) is 6.38. The first-order valence-electron chi connectivity index (χ1n) is 6.38. The fraction of sp³-hybridized carbons (Fsp3) is 0.500. The maximum Gasteiger partial charge on any atom is 0.525 e. The van der Waals surface area contributed by atoms with Crippen LogP contribution in [0.2, 0.25) is 0 Å². The average Bonchev–Trinajstić information content (AvgIpc) is 2.48. The number of pyridine rings is 1. The quantitative estimate of drug-likeness (QED) is 0.767. The highest BCUT2D eigenvalue weighted by Crippen LogP contribution is 2.38. The summed E-state index contributed by atoms with van der Waals surface area (Å²) in [6.07, 6.45) is 1.36. The Labute approximate surface area is 114 Å². The van der Waals surface area contributed by atoms with Crippen LogP contribution < -0.4 is 0 Å². The van der Waals surface area contributed by atoms with Crippen molar-refractivity contribution in [3.63, 3.8) is 0 Å². The normalized spacial score (nSPS) is 21.8. The number of nitrogens with zero attached hydrogens (tertiary/aromatic N) is 1. The lowest BCUT2D eigenvalue weighted by Crippen LogP contribution is -2.41. The molecule has 102 valence electrons. The van der Waals surface area contributed by atoms with Gasteiger partial charge in [0, 0.05) is 5.69 Å². The standard InChI is InChI=1S/C14H19BFNO2/c1-10-7-6-8-11(17-10)9-12(16)15-18-13(2,3)14(4,5)19-15/h6-9H,1-5H3. The van der Waals surface area contributed by atoms with Gasteiger partial charge in [-0.05, 0) is 52.8 Å². The van der Waals surface area contributed by atoms with Gasteiger partial charge in [0.05, 0.1) is 16.9 Å². The van der Waals surface area contributed by atoms with Crippen molar-refractivity contribution in [2.75, 3.05) is 0 Å². The van der Waals surface area contributed by atoms with Crippen molar-refractivity contribution in [3.05, 3.63) is 35.3 Å². The molecular formula is C14H19BFNO2. The summed E-state index contributed by atoms with van der Waals surface area (Å²) in [6.45, 7) is 9.44. The van der Waals surface area contributed by atoms with Crippen LogP contribution in [0.3, 0.4) is 0 Å². The van der Waals surface area contributed by atoms with E-state index in [0.717, 1.165) is 5.69 Å². The first kappa shape index (κ1) is 14.2. The molecular weight excluding hydrogens is 244 g/mol. The van der Waals surface area contributed by atoms with E-state index in [1.165, 1.54) is 6.08 Å². The van der Waals surface area contributed by atoms with Crippen LogP contribution in [0.15, 0.2) is 23.9 Å². The second-order valence-electron chi connectivity index (χ2n) is 5.82. The minimum absolute atomic E-state index is 0.461. The molecule has 19 heavy (non-hydrogen) atoms. The number of aryl methyl sites for hydroxylation is 1. The molecule has 0 bridgehead atoms. The molecule has 1 saturated heterocycles. The summed E-state index contributed by atoms with van der Waals surface area (Å²) in [5.74, 6) is 0. The monoisotopic (exact) mass is 263 g/mol. The van der Waals surface area contributed by atoms with E-state index in [1.807, 2.05) is 46.8 Å². The number of aromatic nitrogens is 1. The molecule has 0 radical (unpaired) electrons. The fourth-order valence-corrected chi connectivity index (χ4v) is 1.81. The molecule has 0 aliphatic carbocycles. The maximum atomic E-state index is 14.2. The minimum Gasteiger partial charge on any atom is -0.398 e. The van der Waals surface area contributed by atoms with Gasteiger partial charge < -0.3 is 9.31 Å². The second-order valence-corrected chi connectivity index (χ2v) is 5.82. The van der Waals surface area contributed by atoms with E-state index in [2.05, 4.69) is 4.98 Å². The third-order valence-electron chi connectivity index (χ3n) is 3.67. The van der Waals surface area contributed by atoms with Crippen molar-refractivity contribution in [2.24, 2.45) is 0 Å². The van der Waals surface area contributed by atoms with Gasteiger partial charge in [0.2, 0.25) is 0 Å². The Morgan fingerprint density at radius 1 is 1.21 bits per heavy atom. The summed E-state index contributed by atoms with van der Waals surface area (Å²) in [6, 6.07) is 5.45. The van der Waals surface area contributed by atoms with Crippen LogP contribution in [0.5, 0.6) is 0 Å². The highest BCUT2D eigenvalue weighted by Gasteiger charge is 2.53. The lowest BCUT2D eigenvalue weighted by atomic mass is 9.87. The van der Waals surface area contributed by atoms with E-state index >= 15 is 0 Å². The van der Waals surface area contributed by atoms with Crippen LogP contribution in [0, 0.1) is 6.92 Å². The Bertz CT molecular complexity index is 498. The zero-order valence-electron chi connectivity index (χ0n) is 12.0. The van der Waals surface area contributed by atoms with Crippen LogP contribution in [-0.2, 0) is 9.31 Å². The van der Waals surface area contributed by atoms with Crippen molar-refractivity contribution in [2.45, 2.75) is 45.8 Å². The summed E-state index contributed by atoms with van der Waals surface area (Å²) < 4.78 is 25.5. The van der Waals surface area contributed by atoms with Crippen molar-refractivity contribution in [1.29, 1.82) is 0 Å². The van der Waals surface area contributed by atoms with E-state index in [9.17, 15) is 4.39 Å². The summed E-state index contributed by atoms with van der Waals surface area (Å²) in [7, 11) is -0.965. The predicted octanol–water partition coefficient (Wildman–Crippen LogP) is 3.33. The highest BCUT2D eigenvalue weighted by molar-refractivity contribution is 6.54. The van der Waals surface area contributed by atoms with E-state index in [1.54, 1.807) is 6.07 Å². The van der Waals surface area contributed by atoms with Crippen LogP contribution >= 0.6 is 0 Å². The molecule has 2 rings (SSSR count). The number of halogens is 1. The van der Waals surface area contributed by atoms with Crippen molar-refractivity contribution >= 4 is 13.2 Å². The Morgan fingerprint density at radius 3 is 2.32 bits per heavy atom. The topological polar surface area (TPSA) is 31.4 Å². The molecule has 0 atom stereocenters. The van der Waals surface area contributed by atoms with Crippen molar-refractivity contribution in [3.8, 4) is 0 Å². The summed E-state index contributed by atoms with van der Waals surface area (Å²) >= 11 is 0. The molecule has 1 aliphatic heterocycles. The Kier molecular flexibility index (Phi) is 3.54. The minimum atomic E-state index is -0.965. The van der Waals surface area contributed by atoms with Crippen LogP contribution in [0.25, 0.3) is 6.08 Å². The van der Waals surface area contributed by atoms with E-state index in [4.69, 9.17) is 9.31 Å². The summed E-state index contributed by atoms with van der Waals surface area (Å²) in [4.78, 5) is 4.23. The highest BCUT2D eigenvalue weighted by atomic mass is 19.1. The van der Waals surface area contributed by atoms with Gasteiger partial charge in [0.25, 0.3) is 0 Å². The molecule has 5 heteroatoms. The molecule has 0 amide bonds. The van der Waals surface area contributed by atoms with E-state index in [-0.39, 0.29) is 0 Å². The molecule has 2 heterocycles. The molecule has 0 N–H and O–H groups in total. The molecule has 1 fully saturated rings. The van der Waals surface area contributed by atoms with Crippen LogP contribution in [-0.4, -0.2) is 23.3 Å². The molecule has 3 nitrogen and oxygen atoms in total. The molecule has 1 aromatic rings. The summed E-state index contributed by atoms with van der Waals surface area (Å²) in [5.41, 5.74) is -0.134. The van der Waals surface area contributed by atoms with Gasteiger partial charge >= 0.3 is 7.12 Å². The number of hydrogen-bond donors (Lipinski definition) is 0. The fourth-order valence-electron chi connectivity index (χ4n) is 1.81. The molecule has 1 aromatic heterocycles. The van der Waals surface area contributed by atoms with Gasteiger partial charge in [0.1, 0.15) is 5.73 Å². The third kappa shape index (κ3) is 2.87. The zero-order chi connectivity index (χ0) is 14.3. The van der Waals surface area contributed by atoms with Crippen LogP contribution in [0.4, 0.5) is 4.39 Å². The Morgan fingerprint density at radius 2 is 1.79 bits per heavy atom. The third-order valence-corrected chi connectivity index (χ3v) is 3.67. The lowest BCUT2D eigenvalue weighted by molar-refractivity contribution is 0.00578. The van der Waals surface area contributed by atoms with E-state index in [0.29, 0.717) is 5.69 Å². The van der Waals surface area contributed by atoms with Gasteiger partial charge in [-0.3, -0.25) is 4.98 Å². The molecule has 0 saturated carbocycles. The van der Waals surface area contributed by atoms with Gasteiger partial charge in [-0.25, -0.2) is 4.39 Å². The maximum absolute atomic E-state index is 14.2. The molecule has 1 aliphatic rings. The Hall–Kier alpha value is -1.20. The number of rotatable bonds is 2. The zero-order valence-corrected chi connectivity index (χ0v) is 12.0. The van der Waals surface area contributed by atoms with Gasteiger partial charge in [0.15, 0.2) is 0 Å². The van der Waals surface area contributed by atoms with Gasteiger partial charge in [-0.1, -0.05) is 6.07 Å². The summed E-state index contributed by atoms with van der Waals surface area (Å²) in [5, 5.41) is 0. The van der Waals surface area contributed by atoms with Crippen molar-refractivity contribution in [1.82, 2.24) is 4.98 Å². The molecule has 0 aromatic carbocycles. The Balaban J connectivity index is 2.20.